The van der Waals surface area contributed by atoms with Crippen molar-refractivity contribution in [3.8, 4) is 11.3 Å². The van der Waals surface area contributed by atoms with Crippen LogP contribution in [0.15, 0.2) is 36.4 Å². The maximum atomic E-state index is 11.0. The van der Waals surface area contributed by atoms with Crippen LogP contribution in [0.4, 0.5) is 10.5 Å². The molecule has 0 radical (unpaired) electrons. The van der Waals surface area contributed by atoms with Gasteiger partial charge < -0.3 is 26.9 Å². The van der Waals surface area contributed by atoms with Crippen molar-refractivity contribution in [3.63, 3.8) is 0 Å². The van der Waals surface area contributed by atoms with Crippen molar-refractivity contribution in [2.24, 2.45) is 5.73 Å². The average molecular weight is 361 g/mol. The minimum absolute atomic E-state index is 0. The number of H-pyrrole nitrogens is 1. The number of amides is 3. The molecule has 1 aromatic heterocycles. The van der Waals surface area contributed by atoms with E-state index in [1.165, 1.54) is 4.90 Å². The van der Waals surface area contributed by atoms with Crippen LogP contribution in [0.5, 0.6) is 0 Å². The topological polar surface area (TPSA) is 137 Å². The first kappa shape index (κ1) is 19.3. The Kier molecular flexibility index (Phi) is 5.56. The molecule has 8 nitrogen and oxygen atoms in total. The summed E-state index contributed by atoms with van der Waals surface area (Å²) in [6.07, 6.45) is 0.545. The highest BCUT2D eigenvalue weighted by atomic mass is 16.3. The number of nitrogens with one attached hydrogen (secondary N) is 2. The molecule has 0 unspecified atom stereocenters. The third kappa shape index (κ3) is 3.80. The van der Waals surface area contributed by atoms with Crippen molar-refractivity contribution >= 4 is 17.6 Å². The number of urea groups is 1. The quantitative estimate of drug-likeness (QED) is 0.532. The van der Waals surface area contributed by atoms with E-state index in [4.69, 9.17) is 11.5 Å². The summed E-state index contributed by atoms with van der Waals surface area (Å²) in [6, 6.07) is 10.4. The summed E-state index contributed by atoms with van der Waals surface area (Å²) in [5, 5.41) is 12.5. The van der Waals surface area contributed by atoms with Crippen molar-refractivity contribution < 1.29 is 16.1 Å². The lowest BCUT2D eigenvalue weighted by molar-refractivity contribution is -0.0656. The number of primary amides is 1. The first-order chi connectivity index (χ1) is 12.2. The fourth-order valence-electron chi connectivity index (χ4n) is 2.78. The molecule has 2 aromatic rings. The van der Waals surface area contributed by atoms with Gasteiger partial charge in [0.2, 0.25) is 0 Å². The number of aromatic amines is 1. The Morgan fingerprint density at radius 3 is 2.31 bits per heavy atom. The lowest BCUT2D eigenvalue weighted by Gasteiger charge is -2.30. The van der Waals surface area contributed by atoms with Gasteiger partial charge in [0.1, 0.15) is 5.69 Å². The summed E-state index contributed by atoms with van der Waals surface area (Å²) in [5.41, 5.74) is 12.6. The summed E-state index contributed by atoms with van der Waals surface area (Å²) in [7, 11) is 1.60. The van der Waals surface area contributed by atoms with Gasteiger partial charge in [-0.25, -0.2) is 4.79 Å². The minimum atomic E-state index is -1.00. The molecule has 1 aliphatic heterocycles. The second-order valence-electron chi connectivity index (χ2n) is 6.23. The van der Waals surface area contributed by atoms with Crippen molar-refractivity contribution in [1.82, 2.24) is 15.2 Å². The van der Waals surface area contributed by atoms with Crippen LogP contribution < -0.4 is 16.8 Å². The summed E-state index contributed by atoms with van der Waals surface area (Å²) in [5.74, 6) is -0.461. The number of nitrogens with zero attached hydrogens (tertiary/aromatic N) is 1. The van der Waals surface area contributed by atoms with E-state index < -0.39 is 11.6 Å². The second-order valence-corrected chi connectivity index (χ2v) is 6.23. The molecule has 0 bridgehead atoms. The van der Waals surface area contributed by atoms with E-state index in [0.29, 0.717) is 17.8 Å². The lowest BCUT2D eigenvalue weighted by atomic mass is 10.0. The number of aliphatic hydroxyl groups is 1. The number of anilines is 1. The van der Waals surface area contributed by atoms with Crippen LogP contribution in [-0.4, -0.2) is 45.7 Å². The molecule has 1 fully saturated rings. The zero-order valence-corrected chi connectivity index (χ0v) is 15.1. The van der Waals surface area contributed by atoms with Crippen LogP contribution in [0.1, 0.15) is 32.2 Å². The van der Waals surface area contributed by atoms with Crippen LogP contribution >= 0.6 is 0 Å². The number of benzene rings is 1. The number of carbonyl (C=O) groups is 2. The van der Waals surface area contributed by atoms with Gasteiger partial charge in [0.25, 0.3) is 5.91 Å². The second kappa shape index (κ2) is 7.49. The van der Waals surface area contributed by atoms with E-state index in [1.807, 2.05) is 25.1 Å². The molecule has 3 amide bonds. The highest BCUT2D eigenvalue weighted by Gasteiger charge is 2.45. The number of carbonyl (C=O) groups excluding carboxylic acids is 2. The van der Waals surface area contributed by atoms with Crippen LogP contribution in [0.3, 0.4) is 0 Å². The molecule has 0 spiro atoms. The molecule has 8 heteroatoms. The normalized spacial score (nSPS) is 21.8. The lowest BCUT2D eigenvalue weighted by Crippen LogP contribution is -2.48. The first-order valence-electron chi connectivity index (χ1n) is 8.30. The number of nitrogen functional groups attached to an aromatic ring is 1. The highest BCUT2D eigenvalue weighted by Crippen LogP contribution is 2.24. The Labute approximate surface area is 153 Å². The molecule has 2 heterocycles. The molecule has 142 valence electrons. The molecule has 2 atom stereocenters. The zero-order chi connectivity index (χ0) is 19.5. The van der Waals surface area contributed by atoms with Gasteiger partial charge in [-0.1, -0.05) is 19.1 Å². The molecule has 3 rings (SSSR count). The highest BCUT2D eigenvalue weighted by molar-refractivity contribution is 5.91. The molecule has 7 N–H and O–H groups in total. The van der Waals surface area contributed by atoms with Crippen LogP contribution in [0.25, 0.3) is 11.3 Å². The summed E-state index contributed by atoms with van der Waals surface area (Å²) in [6.45, 7) is 3.65. The van der Waals surface area contributed by atoms with Crippen LogP contribution in [-0.2, 0) is 0 Å². The van der Waals surface area contributed by atoms with E-state index in [2.05, 4.69) is 10.3 Å². The predicted molar refractivity (Wildman–Crippen MR) is 102 cm³/mol. The van der Waals surface area contributed by atoms with Gasteiger partial charge in [-0.2, -0.15) is 0 Å². The number of rotatable bonds is 3. The monoisotopic (exact) mass is 361 g/mol. The molecule has 0 saturated carbocycles. The van der Waals surface area contributed by atoms with Crippen molar-refractivity contribution in [3.05, 3.63) is 42.1 Å². The Balaban J connectivity index is 0.000000273. The van der Waals surface area contributed by atoms with Crippen LogP contribution in [0, 0.1) is 0 Å². The summed E-state index contributed by atoms with van der Waals surface area (Å²) in [4.78, 5) is 26.2. The number of hydrogen-bond acceptors (Lipinski definition) is 4. The molecule has 0 aliphatic carbocycles. The zero-order valence-electron chi connectivity index (χ0n) is 15.1. The van der Waals surface area contributed by atoms with Gasteiger partial charge in [0, 0.05) is 19.9 Å². The third-order valence-corrected chi connectivity index (χ3v) is 4.61. The van der Waals surface area contributed by atoms with Gasteiger partial charge in [-0.3, -0.25) is 9.69 Å². The maximum Gasteiger partial charge on any atom is 0.319 e. The number of nitrogens with two attached hydrogens (primary N) is 2. The largest absolute Gasteiger partial charge is 0.399 e. The average Bonchev–Trinajstić information content (AvgIpc) is 3.17. The van der Waals surface area contributed by atoms with Gasteiger partial charge in [-0.05, 0) is 43.2 Å². The molecule has 1 aromatic carbocycles. The number of aromatic nitrogens is 1. The van der Waals surface area contributed by atoms with Crippen molar-refractivity contribution in [1.29, 1.82) is 0 Å². The number of hydrogen-bond donors (Lipinski definition) is 5. The standard InChI is InChI=1S/C11H11N3O.C7H14N2O2.H2/c12-8-3-1-7(2-4-8)9-5-6-10(14-9)11(13)15;1-4-7(11)5(2)8-6(10)9(7)3;/h1-6,14H,12H2,(H2,13,15);5,11H,4H2,1-3H3,(H,8,10);1H/t;5-,7-;/m.0./s1. The minimum Gasteiger partial charge on any atom is -0.399 e. The van der Waals surface area contributed by atoms with Gasteiger partial charge in [0.05, 0.1) is 6.04 Å². The Morgan fingerprint density at radius 2 is 1.92 bits per heavy atom. The number of likely N-dealkylation sites (N-methyl/N-ethyl adjacent to an activating group) is 1. The fourth-order valence-corrected chi connectivity index (χ4v) is 2.78. The Bertz CT molecular complexity index is 793. The van der Waals surface area contributed by atoms with E-state index in [0.717, 1.165) is 11.3 Å². The van der Waals surface area contributed by atoms with Crippen molar-refractivity contribution in [2.45, 2.75) is 32.0 Å². The van der Waals surface area contributed by atoms with E-state index in [9.17, 15) is 14.7 Å². The first-order valence-corrected chi connectivity index (χ1v) is 8.30. The van der Waals surface area contributed by atoms with Gasteiger partial charge in [-0.15, -0.1) is 0 Å². The predicted octanol–water partition coefficient (Wildman–Crippen LogP) is 1.74. The molecule has 1 saturated heterocycles. The van der Waals surface area contributed by atoms with E-state index >= 15 is 0 Å². The summed E-state index contributed by atoms with van der Waals surface area (Å²) >= 11 is 0. The molecular formula is C18H27N5O3. The fraction of sp³-hybridized carbons (Fsp3) is 0.333. The van der Waals surface area contributed by atoms with Crippen LogP contribution in [0.2, 0.25) is 0 Å². The van der Waals surface area contributed by atoms with Crippen molar-refractivity contribution in [2.75, 3.05) is 12.8 Å². The maximum absolute atomic E-state index is 11.0. The summed E-state index contributed by atoms with van der Waals surface area (Å²) < 4.78 is 0. The van der Waals surface area contributed by atoms with Gasteiger partial charge in [0.15, 0.2) is 5.72 Å². The SMILES string of the molecule is CC[C@]1(O)[C@H](C)NC(=O)N1C.NC(=O)c1ccc(-c2ccc(N)cc2)[nH]1.[HH]. The smallest absolute Gasteiger partial charge is 0.319 e. The molecule has 26 heavy (non-hydrogen) atoms. The Hall–Kier alpha value is -3.00. The molecular weight excluding hydrogens is 334 g/mol. The van der Waals surface area contributed by atoms with E-state index in [1.54, 1.807) is 32.2 Å². The van der Waals surface area contributed by atoms with Gasteiger partial charge >= 0.3 is 6.03 Å². The molecule has 1 aliphatic rings. The van der Waals surface area contributed by atoms with E-state index in [-0.39, 0.29) is 13.5 Å². The Morgan fingerprint density at radius 1 is 1.31 bits per heavy atom. The third-order valence-electron chi connectivity index (χ3n) is 4.61.